The Kier molecular flexibility index (Phi) is 2.30. The van der Waals surface area contributed by atoms with E-state index in [0.29, 0.717) is 5.25 Å². The van der Waals surface area contributed by atoms with Crippen LogP contribution in [0.4, 0.5) is 0 Å². The van der Waals surface area contributed by atoms with Crippen molar-refractivity contribution in [2.24, 2.45) is 0 Å². The third-order valence-electron chi connectivity index (χ3n) is 4.70. The molecule has 0 aliphatic carbocycles. The number of rotatable bonds is 1. The molecule has 1 aromatic heterocycles. The zero-order valence-corrected chi connectivity index (χ0v) is 13.0. The predicted molar refractivity (Wildman–Crippen MR) is 81.1 cm³/mol. The van der Waals surface area contributed by atoms with E-state index in [2.05, 4.69) is 32.0 Å². The van der Waals surface area contributed by atoms with Crippen molar-refractivity contribution in [3.05, 3.63) is 35.1 Å². The Hall–Kier alpha value is -0.970. The minimum Gasteiger partial charge on any atom is -0.460 e. The van der Waals surface area contributed by atoms with Gasteiger partial charge in [0, 0.05) is 11.1 Å². The van der Waals surface area contributed by atoms with Crippen LogP contribution < -0.4 is 0 Å². The number of nitrogens with zero attached hydrogens (tertiary/aromatic N) is 1. The number of benzene rings is 1. The molecule has 4 heteroatoms. The Bertz CT molecular complexity index is 660. The number of hydroxylamine groups is 2. The lowest BCUT2D eigenvalue weighted by molar-refractivity contribution is -0.216. The average Bonchev–Trinajstić information content (AvgIpc) is 3.13. The van der Waals surface area contributed by atoms with E-state index in [1.807, 2.05) is 25.6 Å². The number of hydrogen-bond acceptors (Lipinski definition) is 4. The molecule has 1 aromatic carbocycles. The van der Waals surface area contributed by atoms with Crippen molar-refractivity contribution in [3.63, 3.8) is 0 Å². The van der Waals surface area contributed by atoms with E-state index in [-0.39, 0.29) is 5.54 Å². The van der Waals surface area contributed by atoms with Crippen molar-refractivity contribution in [2.45, 2.75) is 44.0 Å². The van der Waals surface area contributed by atoms with Gasteiger partial charge in [0.05, 0.1) is 16.3 Å². The van der Waals surface area contributed by atoms with Crippen LogP contribution in [0.5, 0.6) is 0 Å². The van der Waals surface area contributed by atoms with Crippen LogP contribution in [0.1, 0.15) is 49.8 Å². The Morgan fingerprint density at radius 1 is 1.15 bits per heavy atom. The van der Waals surface area contributed by atoms with Crippen molar-refractivity contribution >= 4 is 22.7 Å². The van der Waals surface area contributed by atoms with E-state index in [4.69, 9.17) is 4.42 Å². The maximum Gasteiger partial charge on any atom is 0.134 e. The summed E-state index contributed by atoms with van der Waals surface area (Å²) in [6.07, 6.45) is 0. The van der Waals surface area contributed by atoms with Crippen LogP contribution in [0, 0.1) is 0 Å². The summed E-state index contributed by atoms with van der Waals surface area (Å²) in [5.74, 6) is 2.26. The van der Waals surface area contributed by atoms with E-state index < -0.39 is 5.54 Å². The first kappa shape index (κ1) is 12.7. The molecule has 3 nitrogen and oxygen atoms in total. The molecule has 0 saturated carbocycles. The van der Waals surface area contributed by atoms with Crippen LogP contribution in [-0.4, -0.2) is 16.0 Å². The summed E-state index contributed by atoms with van der Waals surface area (Å²) >= 11 is 1.92. The summed E-state index contributed by atoms with van der Waals surface area (Å²) in [6, 6.07) is 6.45. The minimum atomic E-state index is -0.395. The molecule has 2 aromatic rings. The fraction of sp³-hybridized carbons (Fsp3) is 0.500. The van der Waals surface area contributed by atoms with Gasteiger partial charge in [0.1, 0.15) is 11.3 Å². The highest BCUT2D eigenvalue weighted by atomic mass is 32.2. The van der Waals surface area contributed by atoms with E-state index >= 15 is 0 Å². The molecule has 4 rings (SSSR count). The number of hydrogen-bond donors (Lipinski definition) is 1. The van der Waals surface area contributed by atoms with E-state index in [0.717, 1.165) is 22.3 Å². The third-order valence-corrected chi connectivity index (χ3v) is 5.60. The van der Waals surface area contributed by atoms with Gasteiger partial charge in [-0.3, -0.25) is 0 Å². The molecule has 20 heavy (non-hydrogen) atoms. The predicted octanol–water partition coefficient (Wildman–Crippen LogP) is 4.40. The smallest absolute Gasteiger partial charge is 0.134 e. The molecule has 1 N–H and O–H groups in total. The third kappa shape index (κ3) is 1.50. The molecule has 1 unspecified atom stereocenters. The Labute approximate surface area is 122 Å². The lowest BCUT2D eigenvalue weighted by Gasteiger charge is -2.34. The Morgan fingerprint density at radius 2 is 1.75 bits per heavy atom. The van der Waals surface area contributed by atoms with Crippen molar-refractivity contribution in [3.8, 4) is 0 Å². The lowest BCUT2D eigenvalue weighted by atomic mass is 9.90. The number of furan rings is 1. The van der Waals surface area contributed by atoms with Gasteiger partial charge < -0.3 is 9.62 Å². The van der Waals surface area contributed by atoms with Gasteiger partial charge in [-0.15, -0.1) is 11.8 Å². The van der Waals surface area contributed by atoms with Crippen molar-refractivity contribution < 1.29 is 9.62 Å². The highest BCUT2D eigenvalue weighted by molar-refractivity contribution is 8.06. The maximum atomic E-state index is 10.5. The first-order chi connectivity index (χ1) is 9.31. The molecule has 1 atom stereocenters. The fourth-order valence-electron chi connectivity index (χ4n) is 3.42. The summed E-state index contributed by atoms with van der Waals surface area (Å²) in [4.78, 5) is 0. The summed E-state index contributed by atoms with van der Waals surface area (Å²) < 4.78 is 5.99. The van der Waals surface area contributed by atoms with E-state index in [9.17, 15) is 5.21 Å². The van der Waals surface area contributed by atoms with Gasteiger partial charge in [0.15, 0.2) is 0 Å². The molecule has 106 valence electrons. The molecular formula is C16H19NO2S. The lowest BCUT2D eigenvalue weighted by Crippen LogP contribution is -2.42. The molecule has 2 aliphatic heterocycles. The minimum absolute atomic E-state index is 0.376. The quantitative estimate of drug-likeness (QED) is 0.790. The van der Waals surface area contributed by atoms with Crippen LogP contribution in [0.3, 0.4) is 0 Å². The molecule has 2 aliphatic rings. The summed E-state index contributed by atoms with van der Waals surface area (Å²) in [5.41, 5.74) is 2.51. The Balaban J connectivity index is 1.97. The Morgan fingerprint density at radius 3 is 2.35 bits per heavy atom. The van der Waals surface area contributed by atoms with Gasteiger partial charge in [-0.25, -0.2) is 0 Å². The number of fused-ring (bicyclic) bond motifs is 2. The fourth-order valence-corrected chi connectivity index (χ4v) is 3.96. The largest absolute Gasteiger partial charge is 0.460 e. The van der Waals surface area contributed by atoms with Crippen LogP contribution in [-0.2, 0) is 11.1 Å². The standard InChI is InChI=1S/C16H19NO2S/c1-15(2)10-5-9-6-13(14-8-20-14)19-12(9)7-11(10)16(3,4)17(15)18/h5-7,14,18H,8H2,1-4H3. The zero-order valence-electron chi connectivity index (χ0n) is 12.2. The van der Waals surface area contributed by atoms with Crippen molar-refractivity contribution in [1.29, 1.82) is 0 Å². The molecule has 1 saturated heterocycles. The SMILES string of the molecule is CC1(C)c2cc3cc(C4CS4)oc3cc2C(C)(C)N1O. The molecule has 3 heterocycles. The highest BCUT2D eigenvalue weighted by Gasteiger charge is 2.49. The highest BCUT2D eigenvalue weighted by Crippen LogP contribution is 2.51. The van der Waals surface area contributed by atoms with Gasteiger partial charge in [0.2, 0.25) is 0 Å². The van der Waals surface area contributed by atoms with Gasteiger partial charge in [0.25, 0.3) is 0 Å². The summed E-state index contributed by atoms with van der Waals surface area (Å²) in [6.45, 7) is 8.22. The molecular weight excluding hydrogens is 270 g/mol. The number of thioether (sulfide) groups is 1. The van der Waals surface area contributed by atoms with Crippen LogP contribution in [0.15, 0.2) is 22.6 Å². The van der Waals surface area contributed by atoms with Gasteiger partial charge >= 0.3 is 0 Å². The second-order valence-corrected chi connectivity index (χ2v) is 8.07. The molecule has 0 radical (unpaired) electrons. The second kappa shape index (κ2) is 3.62. The monoisotopic (exact) mass is 289 g/mol. The van der Waals surface area contributed by atoms with Crippen molar-refractivity contribution in [2.75, 3.05) is 5.75 Å². The molecule has 1 fully saturated rings. The maximum absolute atomic E-state index is 10.5. The topological polar surface area (TPSA) is 36.6 Å². The van der Waals surface area contributed by atoms with Gasteiger partial charge in [-0.2, -0.15) is 5.06 Å². The van der Waals surface area contributed by atoms with Crippen LogP contribution in [0.25, 0.3) is 11.0 Å². The summed E-state index contributed by atoms with van der Waals surface area (Å²) in [5, 5.41) is 13.7. The van der Waals surface area contributed by atoms with Crippen LogP contribution in [0.2, 0.25) is 0 Å². The second-order valence-electron chi connectivity index (χ2n) is 6.84. The average molecular weight is 289 g/mol. The molecule has 0 amide bonds. The van der Waals surface area contributed by atoms with Gasteiger partial charge in [-0.1, -0.05) is 0 Å². The first-order valence-electron chi connectivity index (χ1n) is 7.01. The van der Waals surface area contributed by atoms with Crippen molar-refractivity contribution in [1.82, 2.24) is 5.06 Å². The van der Waals surface area contributed by atoms with Crippen LogP contribution >= 0.6 is 11.8 Å². The summed E-state index contributed by atoms with van der Waals surface area (Å²) in [7, 11) is 0. The zero-order chi connectivity index (χ0) is 14.3. The molecule has 0 bridgehead atoms. The van der Waals surface area contributed by atoms with E-state index in [1.54, 1.807) is 0 Å². The van der Waals surface area contributed by atoms with E-state index in [1.165, 1.54) is 16.4 Å². The van der Waals surface area contributed by atoms with Gasteiger partial charge in [-0.05, 0) is 57.0 Å². The normalized spacial score (nSPS) is 26.9. The first-order valence-corrected chi connectivity index (χ1v) is 8.06. The molecule has 0 spiro atoms.